The van der Waals surface area contributed by atoms with Crippen LogP contribution in [-0.4, -0.2) is 38.9 Å². The molecule has 1 aliphatic carbocycles. The molecule has 0 fully saturated rings. The molecular weight excluding hydrogens is 605 g/mol. The van der Waals surface area contributed by atoms with E-state index in [1.165, 1.54) is 49.4 Å². The molecule has 0 bridgehead atoms. The average Bonchev–Trinajstić information content (AvgIpc) is 2.94. The molecule has 2 aliphatic rings. The maximum Gasteiger partial charge on any atom is 0.348 e. The number of phenols is 1. The molecule has 222 valence electrons. The number of aliphatic hydroxyl groups is 1. The number of halogens is 6. The van der Waals surface area contributed by atoms with Crippen LogP contribution in [0.2, 0.25) is 0 Å². The van der Waals surface area contributed by atoms with Crippen LogP contribution in [0.5, 0.6) is 11.5 Å². The molecule has 0 spiro atoms. The summed E-state index contributed by atoms with van der Waals surface area (Å²) in [7, 11) is 0. The van der Waals surface area contributed by atoms with E-state index in [9.17, 15) is 23.1 Å². The fourth-order valence-corrected chi connectivity index (χ4v) is 4.23. The van der Waals surface area contributed by atoms with Crippen molar-refractivity contribution in [2.75, 3.05) is 0 Å². The number of carbonyl (C=O) groups is 1. The van der Waals surface area contributed by atoms with Crippen molar-refractivity contribution < 1.29 is 46.3 Å². The predicted octanol–water partition coefficient (Wildman–Crippen LogP) is 5.56. The first-order valence-corrected chi connectivity index (χ1v) is 12.7. The van der Waals surface area contributed by atoms with Crippen LogP contribution in [0.3, 0.4) is 0 Å². The van der Waals surface area contributed by atoms with Gasteiger partial charge < -0.3 is 23.9 Å². The predicted molar refractivity (Wildman–Crippen MR) is 146 cm³/mol. The van der Waals surface area contributed by atoms with Crippen molar-refractivity contribution in [1.82, 2.24) is 0 Å². The van der Waals surface area contributed by atoms with Crippen molar-refractivity contribution in [3.63, 3.8) is 0 Å². The third-order valence-electron chi connectivity index (χ3n) is 6.05. The normalized spacial score (nSPS) is 22.1. The average molecular weight is 628 g/mol. The first-order valence-electron chi connectivity index (χ1n) is 12.0. The lowest BCUT2D eigenvalue weighted by Gasteiger charge is -2.30. The summed E-state index contributed by atoms with van der Waals surface area (Å²) in [6, 6.07) is 14.3. The zero-order valence-corrected chi connectivity index (χ0v) is 23.2. The minimum absolute atomic E-state index is 0.0578. The fourth-order valence-electron chi connectivity index (χ4n) is 3.99. The molecule has 3 aromatic carbocycles. The smallest absolute Gasteiger partial charge is 0.348 e. The maximum atomic E-state index is 15.4. The molecule has 3 atom stereocenters. The summed E-state index contributed by atoms with van der Waals surface area (Å²) < 4.78 is 62.3. The van der Waals surface area contributed by atoms with Gasteiger partial charge in [-0.1, -0.05) is 30.3 Å². The molecule has 0 radical (unpaired) electrons. The Labute approximate surface area is 247 Å². The third-order valence-corrected chi connectivity index (χ3v) is 6.39. The van der Waals surface area contributed by atoms with E-state index < -0.39 is 35.2 Å². The quantitative estimate of drug-likeness (QED) is 0.327. The molecule has 7 nitrogen and oxygen atoms in total. The van der Waals surface area contributed by atoms with E-state index in [-0.39, 0.29) is 29.1 Å². The number of phenolic OH excluding ortho intramolecular Hbond substituents is 1. The van der Waals surface area contributed by atoms with Gasteiger partial charge in [-0.2, -0.15) is 0 Å². The van der Waals surface area contributed by atoms with Crippen LogP contribution in [0.25, 0.3) is 5.57 Å². The number of rotatable bonds is 4. The molecule has 0 saturated heterocycles. The van der Waals surface area contributed by atoms with Crippen molar-refractivity contribution in [2.24, 2.45) is 4.99 Å². The highest BCUT2D eigenvalue weighted by Crippen LogP contribution is 2.35. The van der Waals surface area contributed by atoms with Crippen LogP contribution >= 0.6 is 23.7 Å². The molecule has 0 amide bonds. The number of carboxylic acids is 1. The van der Waals surface area contributed by atoms with Crippen molar-refractivity contribution in [3.05, 3.63) is 118 Å². The number of allylic oxidation sites excluding steroid dienone is 1. The largest absolute Gasteiger partial charge is 0.508 e. The summed E-state index contributed by atoms with van der Waals surface area (Å²) in [4.78, 5) is 15.8. The number of fused-ring (bicyclic) bond motifs is 1. The van der Waals surface area contributed by atoms with Crippen LogP contribution in [0.4, 0.5) is 17.6 Å². The van der Waals surface area contributed by atoms with Crippen LogP contribution < -0.4 is 14.9 Å². The second-order valence-electron chi connectivity index (χ2n) is 8.96. The van der Waals surface area contributed by atoms with E-state index in [1.807, 2.05) is 0 Å². The van der Waals surface area contributed by atoms with Crippen molar-refractivity contribution in [1.29, 1.82) is 0 Å². The lowest BCUT2D eigenvalue weighted by molar-refractivity contribution is -0.147. The molecular formula is C29H23Cl2F4NO6. The molecule has 5 rings (SSSR count). The first-order chi connectivity index (χ1) is 19.8. The van der Waals surface area contributed by atoms with Gasteiger partial charge in [0.15, 0.2) is 11.6 Å². The number of hydrogen-bond donors (Lipinski definition) is 3. The van der Waals surface area contributed by atoms with Gasteiger partial charge in [0.1, 0.15) is 41.1 Å². The van der Waals surface area contributed by atoms with Gasteiger partial charge in [0, 0.05) is 23.3 Å². The minimum Gasteiger partial charge on any atom is -0.508 e. The number of aromatic hydroxyl groups is 1. The standard InChI is InChI=1S/C17H13F2NO2.C6H6ClFO2.C6H4ClFO2/c1-10-17(19,16(21)22)15(11-5-4-6-12(18)9-11)13-7-2-3-8-14(13)20-10;7-10-5-1-3-6(8,9)4-2-5;7-10-6-2-1-4(9)3-5(6)8/h2-10H,1H3,(H,21,22);1-3,9H,4H2;1-3,9H. The van der Waals surface area contributed by atoms with E-state index in [2.05, 4.69) is 13.6 Å². The summed E-state index contributed by atoms with van der Waals surface area (Å²) in [6.07, 6.45) is 3.51. The van der Waals surface area contributed by atoms with Gasteiger partial charge in [-0.25, -0.2) is 22.4 Å². The number of carboxylic acid groups (broad SMARTS) is 1. The fraction of sp³-hybridized carbons (Fsp3) is 0.172. The maximum absolute atomic E-state index is 15.4. The number of aliphatic carboxylic acids is 1. The zero-order chi connectivity index (χ0) is 31.1. The Morgan fingerprint density at radius 2 is 1.74 bits per heavy atom. The van der Waals surface area contributed by atoms with E-state index in [4.69, 9.17) is 33.9 Å². The van der Waals surface area contributed by atoms with E-state index in [0.29, 0.717) is 16.3 Å². The Bertz CT molecular complexity index is 1630. The van der Waals surface area contributed by atoms with Crippen molar-refractivity contribution in [2.45, 2.75) is 30.9 Å². The van der Waals surface area contributed by atoms with Gasteiger partial charge in [0.25, 0.3) is 5.67 Å². The van der Waals surface area contributed by atoms with Crippen LogP contribution in [0, 0.1) is 11.6 Å². The highest BCUT2D eigenvalue weighted by atomic mass is 35.5. The zero-order valence-electron chi connectivity index (χ0n) is 21.6. The highest BCUT2D eigenvalue weighted by Gasteiger charge is 2.50. The van der Waals surface area contributed by atoms with Gasteiger partial charge in [0.05, 0.1) is 11.4 Å². The summed E-state index contributed by atoms with van der Waals surface area (Å²) in [5, 5.41) is 27.7. The molecule has 0 saturated carbocycles. The van der Waals surface area contributed by atoms with E-state index >= 15 is 4.39 Å². The second-order valence-corrected chi connectivity index (χ2v) is 9.26. The number of hydrogen-bond acceptors (Lipinski definition) is 6. The van der Waals surface area contributed by atoms with Crippen LogP contribution in [-0.2, 0) is 9.08 Å². The minimum atomic E-state index is -2.71. The van der Waals surface area contributed by atoms with Crippen LogP contribution in [0.1, 0.15) is 18.9 Å². The van der Waals surface area contributed by atoms with Gasteiger partial charge >= 0.3 is 5.97 Å². The Kier molecular flexibility index (Phi) is 10.6. The Morgan fingerprint density at radius 3 is 2.31 bits per heavy atom. The summed E-state index contributed by atoms with van der Waals surface area (Å²) in [5.41, 5.74) is -2.56. The van der Waals surface area contributed by atoms with Crippen molar-refractivity contribution in [3.8, 4) is 11.5 Å². The van der Waals surface area contributed by atoms with Crippen molar-refractivity contribution >= 4 is 35.3 Å². The van der Waals surface area contributed by atoms with Gasteiger partial charge in [-0.15, -0.1) is 0 Å². The Morgan fingerprint density at radius 1 is 1.02 bits per heavy atom. The van der Waals surface area contributed by atoms with E-state index in [1.54, 1.807) is 24.3 Å². The Balaban J connectivity index is 0.000000201. The van der Waals surface area contributed by atoms with Crippen LogP contribution in [0.15, 0.2) is 95.7 Å². The molecule has 3 unspecified atom stereocenters. The summed E-state index contributed by atoms with van der Waals surface area (Å²) in [6.45, 7) is 1.41. The summed E-state index contributed by atoms with van der Waals surface area (Å²) in [5.74, 6) is -5.00. The van der Waals surface area contributed by atoms with Gasteiger partial charge in [0.2, 0.25) is 5.85 Å². The Hall–Kier alpha value is -4.06. The number of benzene rings is 3. The third kappa shape index (κ3) is 7.61. The summed E-state index contributed by atoms with van der Waals surface area (Å²) >= 11 is 9.81. The molecule has 1 heterocycles. The molecule has 3 aromatic rings. The molecule has 3 N–H and O–H groups in total. The molecule has 42 heavy (non-hydrogen) atoms. The molecule has 13 heteroatoms. The lowest BCUT2D eigenvalue weighted by Crippen LogP contribution is -2.53. The topological polar surface area (TPSA) is 109 Å². The number of alkyl halides is 2. The molecule has 0 aromatic heterocycles. The van der Waals surface area contributed by atoms with Gasteiger partial charge in [-0.3, -0.25) is 4.99 Å². The molecule has 1 aliphatic heterocycles. The second kappa shape index (κ2) is 13.7. The SMILES string of the molecule is CC1N=c2ccccc2=C(c2cccc(F)c2)C1(F)C(=O)O.OC1(F)C=CC(OCl)=CC1.Oc1ccc(OCl)c(F)c1. The monoisotopic (exact) mass is 627 g/mol. The van der Waals surface area contributed by atoms with E-state index in [0.717, 1.165) is 18.2 Å². The number of para-hydroxylation sites is 1. The number of nitrogens with zero attached hydrogens (tertiary/aromatic N) is 1. The first kappa shape index (κ1) is 32.5. The lowest BCUT2D eigenvalue weighted by atomic mass is 9.81. The highest BCUT2D eigenvalue weighted by molar-refractivity contribution is 6.09. The van der Waals surface area contributed by atoms with Gasteiger partial charge in [-0.05, 0) is 61.0 Å².